The number of aliphatic hydroxyl groups is 1. The number of nitrogens with zero attached hydrogens (tertiary/aromatic N) is 4. The van der Waals surface area contributed by atoms with E-state index in [1.807, 2.05) is 42.5 Å². The van der Waals surface area contributed by atoms with Crippen LogP contribution in [0.1, 0.15) is 35.6 Å². The highest BCUT2D eigenvalue weighted by Gasteiger charge is 2.53. The van der Waals surface area contributed by atoms with E-state index in [0.717, 1.165) is 15.4 Å². The summed E-state index contributed by atoms with van der Waals surface area (Å²) in [6, 6.07) is 32.2. The first kappa shape index (κ1) is 32.3. The minimum absolute atomic E-state index is 0.0446. The summed E-state index contributed by atoms with van der Waals surface area (Å²) >= 11 is 1.65. The number of aliphatic imine (C=N–C) groups is 1. The molecule has 1 aliphatic heterocycles. The zero-order valence-electron chi connectivity index (χ0n) is 25.1. The van der Waals surface area contributed by atoms with E-state index in [4.69, 9.17) is 19.6 Å². The number of aliphatic hydroxyl groups excluding tert-OH is 1. The molecular weight excluding hydrogens is 600 g/mol. The highest BCUT2D eigenvalue weighted by molar-refractivity contribution is 7.99. The number of hydrazine groups is 1. The van der Waals surface area contributed by atoms with Crippen molar-refractivity contribution in [1.29, 1.82) is 0 Å². The third kappa shape index (κ3) is 7.59. The van der Waals surface area contributed by atoms with Crippen molar-refractivity contribution in [3.8, 4) is 5.75 Å². The van der Waals surface area contributed by atoms with Crippen LogP contribution in [0.15, 0.2) is 136 Å². The van der Waals surface area contributed by atoms with Crippen LogP contribution in [0.5, 0.6) is 5.75 Å². The van der Waals surface area contributed by atoms with E-state index in [1.165, 1.54) is 0 Å². The van der Waals surface area contributed by atoms with Crippen molar-refractivity contribution in [2.24, 2.45) is 10.1 Å². The van der Waals surface area contributed by atoms with Gasteiger partial charge in [-0.3, -0.25) is 10.2 Å². The summed E-state index contributed by atoms with van der Waals surface area (Å²) in [5, 5.41) is 12.9. The van der Waals surface area contributed by atoms with Gasteiger partial charge in [-0.2, -0.15) is 0 Å². The fourth-order valence-corrected chi connectivity index (χ4v) is 6.02. The number of carbonyl (C=O) groups excluding carboxylic acids is 1. The van der Waals surface area contributed by atoms with Gasteiger partial charge in [0.05, 0.1) is 6.61 Å². The third-order valence-corrected chi connectivity index (χ3v) is 8.41. The fraction of sp³-hybridized carbons (Fsp3) is 0.200. The summed E-state index contributed by atoms with van der Waals surface area (Å²) in [5.41, 5.74) is 16.3. The minimum atomic E-state index is -1.47. The van der Waals surface area contributed by atoms with E-state index in [1.54, 1.807) is 66.4 Å². The highest BCUT2D eigenvalue weighted by Crippen LogP contribution is 2.45. The van der Waals surface area contributed by atoms with E-state index in [0.29, 0.717) is 42.1 Å². The molecule has 0 saturated carbocycles. The van der Waals surface area contributed by atoms with Gasteiger partial charge in [-0.05, 0) is 53.6 Å². The minimum Gasteiger partial charge on any atom is -0.494 e. The summed E-state index contributed by atoms with van der Waals surface area (Å²) in [6.07, 6.45) is 1.37. The zero-order chi connectivity index (χ0) is 32.2. The lowest BCUT2D eigenvalue weighted by Gasteiger charge is -2.30. The summed E-state index contributed by atoms with van der Waals surface area (Å²) in [7, 11) is 0. The Morgan fingerprint density at radius 3 is 2.57 bits per heavy atom. The van der Waals surface area contributed by atoms with Gasteiger partial charge in [-0.1, -0.05) is 83.6 Å². The predicted molar refractivity (Wildman–Crippen MR) is 179 cm³/mol. The second kappa shape index (κ2) is 15.8. The number of benzene rings is 4. The van der Waals surface area contributed by atoms with Crippen molar-refractivity contribution in [2.75, 3.05) is 13.2 Å². The number of azide groups is 1. The molecule has 4 aromatic carbocycles. The molecule has 2 atom stereocenters. The quantitative estimate of drug-likeness (QED) is 0.0316. The summed E-state index contributed by atoms with van der Waals surface area (Å²) in [4.78, 5) is 24.3. The lowest BCUT2D eigenvalue weighted by atomic mass is 9.84. The van der Waals surface area contributed by atoms with Crippen LogP contribution in [-0.4, -0.2) is 35.7 Å². The molecule has 10 nitrogen and oxygen atoms in total. The lowest BCUT2D eigenvalue weighted by Crippen LogP contribution is -2.52. The molecule has 0 unspecified atom stereocenters. The predicted octanol–water partition coefficient (Wildman–Crippen LogP) is 7.19. The topological polar surface area (TPSA) is 141 Å². The van der Waals surface area contributed by atoms with Crippen LogP contribution < -0.4 is 15.6 Å². The van der Waals surface area contributed by atoms with Gasteiger partial charge in [0.15, 0.2) is 11.6 Å². The summed E-state index contributed by atoms with van der Waals surface area (Å²) < 4.78 is 12.1. The van der Waals surface area contributed by atoms with Crippen molar-refractivity contribution < 1.29 is 19.4 Å². The van der Waals surface area contributed by atoms with Gasteiger partial charge < -0.3 is 14.6 Å². The molecule has 0 aliphatic carbocycles. The number of carbonyl (C=O) groups is 1. The molecule has 3 N–H and O–H groups in total. The maximum Gasteiger partial charge on any atom is 0.266 e. The maximum atomic E-state index is 14.2. The second-order valence-corrected chi connectivity index (χ2v) is 11.5. The molecule has 1 heterocycles. The molecule has 234 valence electrons. The third-order valence-electron chi connectivity index (χ3n) is 7.28. The van der Waals surface area contributed by atoms with Crippen LogP contribution >= 0.6 is 11.8 Å². The molecular formula is C35H34N6O4S. The molecule has 0 bridgehead atoms. The first-order valence-corrected chi connectivity index (χ1v) is 15.6. The van der Waals surface area contributed by atoms with Gasteiger partial charge in [-0.25, -0.2) is 10.4 Å². The van der Waals surface area contributed by atoms with Crippen molar-refractivity contribution >= 4 is 29.3 Å². The zero-order valence-corrected chi connectivity index (χ0v) is 25.9. The molecule has 1 amide bonds. The van der Waals surface area contributed by atoms with Gasteiger partial charge in [-0.15, -0.1) is 6.58 Å². The van der Waals surface area contributed by atoms with Crippen LogP contribution in [0.25, 0.3) is 10.4 Å². The Kier molecular flexibility index (Phi) is 11.1. The standard InChI is InChI=1S/C35H34N6O4S/c1-2-21-35(34(43)40-37-24-26-11-6-9-16-31(26)46-28-12-4-3-5-13-28)32(29-14-7-8-15-30(29)39-41-36)45-33(38-35)25-17-19-27(20-18-25)44-23-10-22-42/h2-9,11-20,32,37,42H,1,10,21-24H2,(H,40,43)/t32-,35-/m0/s1. The van der Waals surface area contributed by atoms with Crippen LogP contribution in [0.3, 0.4) is 0 Å². The average Bonchev–Trinajstić information content (AvgIpc) is 3.47. The van der Waals surface area contributed by atoms with Crippen molar-refractivity contribution in [2.45, 2.75) is 40.8 Å². The molecule has 46 heavy (non-hydrogen) atoms. The van der Waals surface area contributed by atoms with E-state index < -0.39 is 17.6 Å². The lowest BCUT2D eigenvalue weighted by molar-refractivity contribution is -0.129. The Labute approximate surface area is 271 Å². The van der Waals surface area contributed by atoms with Gasteiger partial charge >= 0.3 is 0 Å². The van der Waals surface area contributed by atoms with E-state index in [9.17, 15) is 10.3 Å². The molecule has 0 aromatic heterocycles. The van der Waals surface area contributed by atoms with Crippen molar-refractivity contribution in [3.63, 3.8) is 0 Å². The number of ether oxygens (including phenoxy) is 2. The monoisotopic (exact) mass is 634 g/mol. The Balaban J connectivity index is 1.43. The number of hydrogen-bond acceptors (Lipinski definition) is 8. The van der Waals surface area contributed by atoms with Crippen molar-refractivity contribution in [3.05, 3.63) is 143 Å². The fourth-order valence-electron chi connectivity index (χ4n) is 5.05. The molecule has 1 aliphatic rings. The Hall–Kier alpha value is -5.06. The summed E-state index contributed by atoms with van der Waals surface area (Å²) in [5.74, 6) is 0.454. The molecule has 0 radical (unpaired) electrons. The number of hydrogen-bond donors (Lipinski definition) is 3. The number of rotatable bonds is 15. The Bertz CT molecular complexity index is 1730. The maximum absolute atomic E-state index is 14.2. The summed E-state index contributed by atoms with van der Waals surface area (Å²) in [6.45, 7) is 4.71. The second-order valence-electron chi connectivity index (χ2n) is 10.4. The van der Waals surface area contributed by atoms with E-state index in [2.05, 4.69) is 39.6 Å². The van der Waals surface area contributed by atoms with Gasteiger partial charge in [0, 0.05) is 57.5 Å². The normalized spacial score (nSPS) is 16.9. The van der Waals surface area contributed by atoms with Crippen LogP contribution in [0.4, 0.5) is 5.69 Å². The number of nitrogens with one attached hydrogen (secondary N) is 2. The average molecular weight is 635 g/mol. The van der Waals surface area contributed by atoms with Crippen LogP contribution in [0.2, 0.25) is 0 Å². The molecule has 0 fully saturated rings. The smallest absolute Gasteiger partial charge is 0.266 e. The molecule has 4 aromatic rings. The van der Waals surface area contributed by atoms with Gasteiger partial charge in [0.1, 0.15) is 5.75 Å². The molecule has 0 saturated heterocycles. The van der Waals surface area contributed by atoms with E-state index in [-0.39, 0.29) is 18.9 Å². The number of amides is 1. The molecule has 0 spiro atoms. The first-order valence-electron chi connectivity index (χ1n) is 14.8. The first-order chi connectivity index (χ1) is 22.6. The van der Waals surface area contributed by atoms with Crippen LogP contribution in [0, 0.1) is 0 Å². The largest absolute Gasteiger partial charge is 0.494 e. The molecule has 11 heteroatoms. The van der Waals surface area contributed by atoms with Gasteiger partial charge in [0.25, 0.3) is 5.91 Å². The molecule has 5 rings (SSSR count). The van der Waals surface area contributed by atoms with Gasteiger partial charge in [0.2, 0.25) is 5.90 Å². The SMILES string of the molecule is C=CC[C@]1(C(=O)NNCc2ccccc2Sc2ccccc2)N=C(c2ccc(OCCCO)cc2)O[C@H]1c1ccccc1N=[N+]=[N-]. The van der Waals surface area contributed by atoms with Crippen molar-refractivity contribution in [1.82, 2.24) is 10.9 Å². The van der Waals surface area contributed by atoms with Crippen LogP contribution in [-0.2, 0) is 16.1 Å². The van der Waals surface area contributed by atoms with E-state index >= 15 is 0 Å². The Morgan fingerprint density at radius 2 is 1.80 bits per heavy atom. The Morgan fingerprint density at radius 1 is 1.07 bits per heavy atom. The highest BCUT2D eigenvalue weighted by atomic mass is 32.2.